The Bertz CT molecular complexity index is 580. The lowest BCUT2D eigenvalue weighted by Gasteiger charge is -2.10. The molecule has 118 valence electrons. The predicted molar refractivity (Wildman–Crippen MR) is 92.9 cm³/mol. The number of unbranched alkanes of at least 4 members (excludes halogenated alkanes) is 4. The van der Waals surface area contributed by atoms with Gasteiger partial charge in [0.15, 0.2) is 0 Å². The maximum Gasteiger partial charge on any atom is 0.227 e. The highest BCUT2D eigenvalue weighted by atomic mass is 32.1. The minimum absolute atomic E-state index is 0.246. The van der Waals surface area contributed by atoms with Gasteiger partial charge in [0, 0.05) is 10.9 Å². The summed E-state index contributed by atoms with van der Waals surface area (Å²) in [5, 5.41) is 2.86. The molecule has 0 aliphatic heterocycles. The molecule has 0 fully saturated rings. The third-order valence-corrected chi connectivity index (χ3v) is 4.79. The van der Waals surface area contributed by atoms with Crippen LogP contribution in [0, 0.1) is 0 Å². The quantitative estimate of drug-likeness (QED) is 0.679. The summed E-state index contributed by atoms with van der Waals surface area (Å²) in [4.78, 5) is 16.4. The molecular formula is C18H24N2OS. The van der Waals surface area contributed by atoms with E-state index < -0.39 is 0 Å². The summed E-state index contributed by atoms with van der Waals surface area (Å²) >= 11 is 1.54. The van der Waals surface area contributed by atoms with Gasteiger partial charge in [-0.05, 0) is 6.42 Å². The van der Waals surface area contributed by atoms with Gasteiger partial charge in [0.05, 0.1) is 11.6 Å². The molecule has 0 aliphatic carbocycles. The van der Waals surface area contributed by atoms with Crippen LogP contribution in [0.2, 0.25) is 0 Å². The number of aromatic nitrogens is 1. The summed E-state index contributed by atoms with van der Waals surface area (Å²) in [6.45, 7) is 2.20. The molecule has 0 saturated heterocycles. The van der Waals surface area contributed by atoms with Gasteiger partial charge in [0.25, 0.3) is 0 Å². The van der Waals surface area contributed by atoms with E-state index in [-0.39, 0.29) is 11.8 Å². The maximum atomic E-state index is 11.8. The molecule has 0 aliphatic rings. The zero-order chi connectivity index (χ0) is 15.8. The van der Waals surface area contributed by atoms with Crippen LogP contribution in [-0.4, -0.2) is 10.9 Å². The van der Waals surface area contributed by atoms with Crippen LogP contribution in [0.4, 0.5) is 0 Å². The van der Waals surface area contributed by atoms with Crippen molar-refractivity contribution in [2.75, 3.05) is 0 Å². The number of nitrogens with two attached hydrogens (primary N) is 1. The predicted octanol–water partition coefficient (Wildman–Crippen LogP) is 4.74. The Balaban J connectivity index is 2.00. The molecule has 1 unspecified atom stereocenters. The number of amides is 1. The second-order valence-electron chi connectivity index (χ2n) is 5.59. The minimum atomic E-state index is -0.260. The fraction of sp³-hybridized carbons (Fsp3) is 0.444. The summed E-state index contributed by atoms with van der Waals surface area (Å²) in [7, 11) is 0. The van der Waals surface area contributed by atoms with E-state index in [1.807, 2.05) is 35.7 Å². The van der Waals surface area contributed by atoms with Crippen molar-refractivity contribution in [3.8, 4) is 11.3 Å². The van der Waals surface area contributed by atoms with Crippen molar-refractivity contribution < 1.29 is 4.79 Å². The molecule has 0 bridgehead atoms. The standard InChI is InChI=1S/C18H24N2OS/c1-2-3-4-5-9-12-15(17(19)21)18-20-16(13-22-18)14-10-7-6-8-11-14/h6-8,10-11,13,15H,2-5,9,12H2,1H3,(H2,19,21). The Morgan fingerprint density at radius 3 is 2.59 bits per heavy atom. The number of nitrogens with zero attached hydrogens (tertiary/aromatic N) is 1. The molecule has 1 heterocycles. The first kappa shape index (κ1) is 16.7. The monoisotopic (exact) mass is 316 g/mol. The molecular weight excluding hydrogens is 292 g/mol. The third kappa shape index (κ3) is 4.67. The number of benzene rings is 1. The first-order valence-electron chi connectivity index (χ1n) is 8.02. The van der Waals surface area contributed by atoms with E-state index in [4.69, 9.17) is 5.73 Å². The fourth-order valence-corrected chi connectivity index (χ4v) is 3.50. The lowest BCUT2D eigenvalue weighted by atomic mass is 10.0. The summed E-state index contributed by atoms with van der Waals surface area (Å²) in [6, 6.07) is 10.0. The van der Waals surface area contributed by atoms with E-state index in [0.717, 1.165) is 35.5 Å². The Kier molecular flexibility index (Phi) is 6.59. The first-order valence-corrected chi connectivity index (χ1v) is 8.90. The topological polar surface area (TPSA) is 56.0 Å². The van der Waals surface area contributed by atoms with Gasteiger partial charge in [-0.3, -0.25) is 4.79 Å². The second-order valence-corrected chi connectivity index (χ2v) is 6.48. The number of hydrogen-bond donors (Lipinski definition) is 1. The van der Waals surface area contributed by atoms with Crippen LogP contribution in [0.3, 0.4) is 0 Å². The number of hydrogen-bond acceptors (Lipinski definition) is 3. The van der Waals surface area contributed by atoms with Crippen LogP contribution in [0.1, 0.15) is 56.4 Å². The van der Waals surface area contributed by atoms with Crippen LogP contribution in [0.25, 0.3) is 11.3 Å². The summed E-state index contributed by atoms with van der Waals surface area (Å²) < 4.78 is 0. The van der Waals surface area contributed by atoms with Gasteiger partial charge >= 0.3 is 0 Å². The number of carbonyl (C=O) groups excluding carboxylic acids is 1. The van der Waals surface area contributed by atoms with Crippen LogP contribution in [-0.2, 0) is 4.79 Å². The molecule has 1 amide bonds. The first-order chi connectivity index (χ1) is 10.7. The molecule has 0 spiro atoms. The lowest BCUT2D eigenvalue weighted by Crippen LogP contribution is -2.21. The van der Waals surface area contributed by atoms with Crippen LogP contribution in [0.15, 0.2) is 35.7 Å². The molecule has 4 heteroatoms. The normalized spacial score (nSPS) is 12.2. The van der Waals surface area contributed by atoms with Gasteiger partial charge < -0.3 is 5.73 Å². The molecule has 2 aromatic rings. The van der Waals surface area contributed by atoms with E-state index in [9.17, 15) is 4.79 Å². The smallest absolute Gasteiger partial charge is 0.227 e. The third-order valence-electron chi connectivity index (χ3n) is 3.83. The van der Waals surface area contributed by atoms with Gasteiger partial charge in [-0.2, -0.15) is 0 Å². The molecule has 1 atom stereocenters. The van der Waals surface area contributed by atoms with Gasteiger partial charge in [-0.1, -0.05) is 69.4 Å². The number of thiazole rings is 1. The van der Waals surface area contributed by atoms with Crippen molar-refractivity contribution in [3.63, 3.8) is 0 Å². The van der Waals surface area contributed by atoms with E-state index >= 15 is 0 Å². The van der Waals surface area contributed by atoms with Crippen molar-refractivity contribution >= 4 is 17.2 Å². The largest absolute Gasteiger partial charge is 0.369 e. The molecule has 1 aromatic heterocycles. The SMILES string of the molecule is CCCCCCCC(C(N)=O)c1nc(-c2ccccc2)cs1. The highest BCUT2D eigenvalue weighted by Crippen LogP contribution is 2.29. The molecule has 2 N–H and O–H groups in total. The van der Waals surface area contributed by atoms with Crippen LogP contribution >= 0.6 is 11.3 Å². The van der Waals surface area contributed by atoms with Gasteiger partial charge in [0.1, 0.15) is 5.01 Å². The number of carbonyl (C=O) groups is 1. The summed E-state index contributed by atoms with van der Waals surface area (Å²) in [5.41, 5.74) is 7.59. The van der Waals surface area contributed by atoms with Gasteiger partial charge in [-0.25, -0.2) is 4.98 Å². The zero-order valence-electron chi connectivity index (χ0n) is 13.1. The van der Waals surface area contributed by atoms with Crippen LogP contribution < -0.4 is 5.73 Å². The van der Waals surface area contributed by atoms with Crippen molar-refractivity contribution in [2.24, 2.45) is 5.73 Å². The number of rotatable bonds is 9. The highest BCUT2D eigenvalue weighted by Gasteiger charge is 2.21. The van der Waals surface area contributed by atoms with Gasteiger partial charge in [-0.15, -0.1) is 11.3 Å². The number of primary amides is 1. The van der Waals surface area contributed by atoms with E-state index in [1.165, 1.54) is 30.6 Å². The van der Waals surface area contributed by atoms with Crippen molar-refractivity contribution in [1.29, 1.82) is 0 Å². The zero-order valence-corrected chi connectivity index (χ0v) is 13.9. The molecule has 22 heavy (non-hydrogen) atoms. The summed E-state index contributed by atoms with van der Waals surface area (Å²) in [6.07, 6.45) is 6.72. The van der Waals surface area contributed by atoms with Crippen molar-refractivity contribution in [2.45, 2.75) is 51.4 Å². The van der Waals surface area contributed by atoms with Crippen molar-refractivity contribution in [1.82, 2.24) is 4.98 Å². The maximum absolute atomic E-state index is 11.8. The Morgan fingerprint density at radius 2 is 1.91 bits per heavy atom. The molecule has 1 aromatic carbocycles. The fourth-order valence-electron chi connectivity index (χ4n) is 2.53. The Morgan fingerprint density at radius 1 is 1.18 bits per heavy atom. The average molecular weight is 316 g/mol. The minimum Gasteiger partial charge on any atom is -0.369 e. The Hall–Kier alpha value is -1.68. The van der Waals surface area contributed by atoms with Crippen LogP contribution in [0.5, 0.6) is 0 Å². The van der Waals surface area contributed by atoms with E-state index in [0.29, 0.717) is 0 Å². The summed E-state index contributed by atoms with van der Waals surface area (Å²) in [5.74, 6) is -0.506. The molecule has 2 rings (SSSR count). The van der Waals surface area contributed by atoms with E-state index in [1.54, 1.807) is 0 Å². The van der Waals surface area contributed by atoms with E-state index in [2.05, 4.69) is 11.9 Å². The molecule has 0 radical (unpaired) electrons. The van der Waals surface area contributed by atoms with Gasteiger partial charge in [0.2, 0.25) is 5.91 Å². The lowest BCUT2D eigenvalue weighted by molar-refractivity contribution is -0.119. The Labute approximate surface area is 136 Å². The molecule has 3 nitrogen and oxygen atoms in total. The second kappa shape index (κ2) is 8.69. The highest BCUT2D eigenvalue weighted by molar-refractivity contribution is 7.10. The molecule has 0 saturated carbocycles. The average Bonchev–Trinajstić information content (AvgIpc) is 3.01. The van der Waals surface area contributed by atoms with Crippen molar-refractivity contribution in [3.05, 3.63) is 40.7 Å².